The van der Waals surface area contributed by atoms with Crippen LogP contribution >= 0.6 is 0 Å². The van der Waals surface area contributed by atoms with Crippen LogP contribution in [0.4, 0.5) is 11.4 Å². The van der Waals surface area contributed by atoms with Crippen molar-refractivity contribution in [1.82, 2.24) is 5.43 Å². The van der Waals surface area contributed by atoms with Crippen LogP contribution in [0.5, 0.6) is 11.5 Å². The first-order valence-electron chi connectivity index (χ1n) is 7.03. The molecule has 0 heterocycles. The van der Waals surface area contributed by atoms with Gasteiger partial charge in [-0.2, -0.15) is 5.10 Å². The van der Waals surface area contributed by atoms with Gasteiger partial charge in [0.15, 0.2) is 12.4 Å². The molecule has 0 aromatic heterocycles. The topological polar surface area (TPSA) is 157 Å². The molecule has 0 saturated carbocycles. The highest BCUT2D eigenvalue weighted by molar-refractivity contribution is 5.84. The summed E-state index contributed by atoms with van der Waals surface area (Å²) in [4.78, 5) is 31.6. The number of nitrogens with zero attached hydrogens (tertiary/aromatic N) is 3. The minimum absolute atomic E-state index is 0.146. The number of phenols is 1. The van der Waals surface area contributed by atoms with E-state index in [4.69, 9.17) is 4.74 Å². The van der Waals surface area contributed by atoms with Gasteiger partial charge < -0.3 is 9.84 Å². The van der Waals surface area contributed by atoms with Crippen molar-refractivity contribution >= 4 is 23.5 Å². The van der Waals surface area contributed by atoms with Crippen LogP contribution in [-0.2, 0) is 4.79 Å². The Morgan fingerprint density at radius 3 is 2.65 bits per heavy atom. The van der Waals surface area contributed by atoms with Crippen LogP contribution in [-0.4, -0.2) is 33.7 Å². The lowest BCUT2D eigenvalue weighted by Gasteiger charge is -2.04. The molecule has 0 aliphatic carbocycles. The fourth-order valence-electron chi connectivity index (χ4n) is 1.81. The number of non-ortho nitro benzene ring substituents is 1. The molecule has 0 atom stereocenters. The molecule has 0 unspecified atom stereocenters. The van der Waals surface area contributed by atoms with E-state index in [1.165, 1.54) is 30.3 Å². The average molecular weight is 360 g/mol. The second kappa shape index (κ2) is 8.19. The van der Waals surface area contributed by atoms with Gasteiger partial charge in [0.05, 0.1) is 22.1 Å². The Kier molecular flexibility index (Phi) is 5.77. The molecule has 0 fully saturated rings. The van der Waals surface area contributed by atoms with E-state index < -0.39 is 33.8 Å². The van der Waals surface area contributed by atoms with Gasteiger partial charge in [0.1, 0.15) is 5.75 Å². The van der Waals surface area contributed by atoms with Crippen molar-refractivity contribution < 1.29 is 24.5 Å². The first kappa shape index (κ1) is 18.3. The lowest BCUT2D eigenvalue weighted by Crippen LogP contribution is -2.24. The van der Waals surface area contributed by atoms with Crippen LogP contribution in [0.3, 0.4) is 0 Å². The molecule has 134 valence electrons. The summed E-state index contributed by atoms with van der Waals surface area (Å²) >= 11 is 0. The summed E-state index contributed by atoms with van der Waals surface area (Å²) in [6.45, 7) is -0.436. The number of aromatic hydroxyl groups is 1. The number of hydrazone groups is 1. The number of nitro benzene ring substituents is 2. The molecule has 0 saturated heterocycles. The second-order valence-corrected chi connectivity index (χ2v) is 4.84. The van der Waals surface area contributed by atoms with Gasteiger partial charge >= 0.3 is 5.69 Å². The van der Waals surface area contributed by atoms with Crippen molar-refractivity contribution in [3.05, 3.63) is 68.3 Å². The fraction of sp³-hybridized carbons (Fsp3) is 0.0667. The van der Waals surface area contributed by atoms with E-state index in [0.717, 1.165) is 18.3 Å². The predicted octanol–water partition coefficient (Wildman–Crippen LogP) is 1.74. The van der Waals surface area contributed by atoms with Gasteiger partial charge in [-0.25, -0.2) is 5.43 Å². The molecule has 0 bridgehead atoms. The summed E-state index contributed by atoms with van der Waals surface area (Å²) in [5, 5.41) is 34.3. The van der Waals surface area contributed by atoms with Crippen LogP contribution in [0.1, 0.15) is 5.56 Å². The molecule has 0 aliphatic rings. The van der Waals surface area contributed by atoms with Gasteiger partial charge in [-0.05, 0) is 18.2 Å². The van der Waals surface area contributed by atoms with E-state index in [1.807, 2.05) is 0 Å². The lowest BCUT2D eigenvalue weighted by atomic mass is 10.2. The first-order chi connectivity index (χ1) is 12.4. The summed E-state index contributed by atoms with van der Waals surface area (Å²) in [5.41, 5.74) is 1.77. The van der Waals surface area contributed by atoms with Gasteiger partial charge in [-0.15, -0.1) is 0 Å². The number of amides is 1. The van der Waals surface area contributed by atoms with E-state index in [1.54, 1.807) is 0 Å². The maximum Gasteiger partial charge on any atom is 0.311 e. The van der Waals surface area contributed by atoms with E-state index in [9.17, 15) is 30.1 Å². The molecule has 2 N–H and O–H groups in total. The Morgan fingerprint density at radius 1 is 1.19 bits per heavy atom. The van der Waals surface area contributed by atoms with Gasteiger partial charge in [-0.3, -0.25) is 25.0 Å². The Balaban J connectivity index is 1.90. The molecule has 0 spiro atoms. The molecular formula is C15H12N4O7. The highest BCUT2D eigenvalue weighted by Gasteiger charge is 2.13. The van der Waals surface area contributed by atoms with Gasteiger partial charge in [0, 0.05) is 17.7 Å². The zero-order valence-corrected chi connectivity index (χ0v) is 13.1. The summed E-state index contributed by atoms with van der Waals surface area (Å²) in [6.07, 6.45) is 1.15. The Bertz CT molecular complexity index is 882. The number of benzene rings is 2. The number of carbonyl (C=O) groups is 1. The van der Waals surface area contributed by atoms with E-state index in [0.29, 0.717) is 0 Å². The van der Waals surface area contributed by atoms with Crippen molar-refractivity contribution in [2.24, 2.45) is 5.10 Å². The second-order valence-electron chi connectivity index (χ2n) is 4.84. The van der Waals surface area contributed by atoms with Crippen molar-refractivity contribution in [3.63, 3.8) is 0 Å². The van der Waals surface area contributed by atoms with Crippen LogP contribution in [0.2, 0.25) is 0 Å². The van der Waals surface area contributed by atoms with Crippen LogP contribution in [0.15, 0.2) is 47.6 Å². The Morgan fingerprint density at radius 2 is 1.96 bits per heavy atom. The van der Waals surface area contributed by atoms with Crippen molar-refractivity contribution in [3.8, 4) is 11.5 Å². The smallest absolute Gasteiger partial charge is 0.311 e. The van der Waals surface area contributed by atoms with Crippen molar-refractivity contribution in [2.75, 3.05) is 6.61 Å². The van der Waals surface area contributed by atoms with Gasteiger partial charge in [0.2, 0.25) is 0 Å². The monoisotopic (exact) mass is 360 g/mol. The molecule has 2 rings (SSSR count). The number of nitro groups is 2. The summed E-state index contributed by atoms with van der Waals surface area (Å²) in [6, 6.07) is 8.93. The van der Waals surface area contributed by atoms with E-state index in [-0.39, 0.29) is 17.0 Å². The third kappa shape index (κ3) is 4.99. The van der Waals surface area contributed by atoms with Crippen LogP contribution < -0.4 is 10.2 Å². The quantitative estimate of drug-likeness (QED) is 0.432. The maximum absolute atomic E-state index is 11.6. The number of phenolic OH excluding ortho intramolecular Hbond substituents is 1. The molecule has 2 aromatic carbocycles. The zero-order chi connectivity index (χ0) is 19.1. The number of rotatable bonds is 7. The zero-order valence-electron chi connectivity index (χ0n) is 13.1. The normalized spacial score (nSPS) is 10.5. The Labute approximate surface area is 145 Å². The highest BCUT2D eigenvalue weighted by atomic mass is 16.6. The van der Waals surface area contributed by atoms with Crippen molar-refractivity contribution in [1.29, 1.82) is 0 Å². The van der Waals surface area contributed by atoms with Crippen molar-refractivity contribution in [2.45, 2.75) is 0 Å². The molecule has 0 aliphatic heterocycles. The summed E-state index contributed by atoms with van der Waals surface area (Å²) in [7, 11) is 0. The summed E-state index contributed by atoms with van der Waals surface area (Å²) in [5.74, 6) is -0.977. The Hall–Kier alpha value is -4.02. The van der Waals surface area contributed by atoms with Crippen LogP contribution in [0.25, 0.3) is 0 Å². The molecular weight excluding hydrogens is 348 g/mol. The lowest BCUT2D eigenvalue weighted by molar-refractivity contribution is -0.385. The minimum Gasteiger partial charge on any atom is -0.502 e. The molecule has 11 nitrogen and oxygen atoms in total. The van der Waals surface area contributed by atoms with E-state index in [2.05, 4.69) is 10.5 Å². The fourth-order valence-corrected chi connectivity index (χ4v) is 1.81. The molecule has 2 aromatic rings. The van der Waals surface area contributed by atoms with Gasteiger partial charge in [-0.1, -0.05) is 6.07 Å². The SMILES string of the molecule is O=C(COc1cccc([N+](=O)[O-])c1)N/N=C/c1ccc(O)c([N+](=O)[O-])c1. The standard InChI is InChI=1S/C15H12N4O7/c20-14-5-4-10(6-13(14)19(24)25)8-16-17-15(21)9-26-12-3-1-2-11(7-12)18(22)23/h1-8,20H,9H2,(H,17,21)/b16-8+. The third-order valence-corrected chi connectivity index (χ3v) is 3.00. The highest BCUT2D eigenvalue weighted by Crippen LogP contribution is 2.25. The number of hydrogen-bond donors (Lipinski definition) is 2. The van der Waals surface area contributed by atoms with Gasteiger partial charge in [0.25, 0.3) is 11.6 Å². The van der Waals surface area contributed by atoms with Crippen LogP contribution in [0, 0.1) is 20.2 Å². The largest absolute Gasteiger partial charge is 0.502 e. The average Bonchev–Trinajstić information content (AvgIpc) is 2.61. The molecule has 0 radical (unpaired) electrons. The van der Waals surface area contributed by atoms with E-state index >= 15 is 0 Å². The molecule has 26 heavy (non-hydrogen) atoms. The molecule has 1 amide bonds. The molecule has 11 heteroatoms. The predicted molar refractivity (Wildman–Crippen MR) is 89.1 cm³/mol. The first-order valence-corrected chi connectivity index (χ1v) is 7.03. The number of nitrogens with one attached hydrogen (secondary N) is 1. The summed E-state index contributed by atoms with van der Waals surface area (Å²) < 4.78 is 5.11. The minimum atomic E-state index is -0.752. The number of ether oxygens (including phenoxy) is 1. The third-order valence-electron chi connectivity index (χ3n) is 3.00. The number of carbonyl (C=O) groups excluding carboxylic acids is 1. The number of hydrogen-bond acceptors (Lipinski definition) is 8. The maximum atomic E-state index is 11.6.